The molecule has 1 unspecified atom stereocenters. The van der Waals surface area contributed by atoms with Crippen molar-refractivity contribution >= 4 is 0 Å². The van der Waals surface area contributed by atoms with E-state index in [1.807, 2.05) is 7.05 Å². The van der Waals surface area contributed by atoms with Gasteiger partial charge in [0.15, 0.2) is 0 Å². The molecule has 2 nitrogen and oxygen atoms in total. The van der Waals surface area contributed by atoms with Crippen LogP contribution in [0.3, 0.4) is 0 Å². The normalized spacial score (nSPS) is 24.6. The molecule has 76 valence electrons. The molecule has 0 amide bonds. The van der Waals surface area contributed by atoms with Crippen LogP contribution in [0, 0.1) is 0 Å². The highest BCUT2D eigenvalue weighted by atomic mass is 15.1. The van der Waals surface area contributed by atoms with Crippen molar-refractivity contribution in [2.75, 3.05) is 27.2 Å². The van der Waals surface area contributed by atoms with Gasteiger partial charge in [-0.1, -0.05) is 18.6 Å². The molecule has 0 radical (unpaired) electrons. The van der Waals surface area contributed by atoms with Crippen LogP contribution in [-0.2, 0) is 0 Å². The summed E-state index contributed by atoms with van der Waals surface area (Å²) in [5.74, 6) is 0. The molecule has 0 saturated carbocycles. The molecule has 0 spiro atoms. The van der Waals surface area contributed by atoms with Gasteiger partial charge < -0.3 is 10.2 Å². The van der Waals surface area contributed by atoms with Gasteiger partial charge in [-0.05, 0) is 39.9 Å². The lowest BCUT2D eigenvalue weighted by Gasteiger charge is -2.33. The lowest BCUT2D eigenvalue weighted by Crippen LogP contribution is -2.36. The molecule has 1 heterocycles. The van der Waals surface area contributed by atoms with Gasteiger partial charge in [0.05, 0.1) is 0 Å². The highest BCUT2D eigenvalue weighted by molar-refractivity contribution is 5.00. The monoisotopic (exact) mass is 182 g/mol. The SMILES string of the molecule is C=C(CNC)CC1CCCCN1C. The van der Waals surface area contributed by atoms with Crippen molar-refractivity contribution in [3.8, 4) is 0 Å². The van der Waals surface area contributed by atoms with Gasteiger partial charge in [-0.25, -0.2) is 0 Å². The number of hydrogen-bond donors (Lipinski definition) is 1. The smallest absolute Gasteiger partial charge is 0.0159 e. The number of likely N-dealkylation sites (N-methyl/N-ethyl adjacent to an activating group) is 1. The first-order chi connectivity index (χ1) is 6.24. The van der Waals surface area contributed by atoms with Gasteiger partial charge in [0, 0.05) is 12.6 Å². The molecule has 0 aliphatic carbocycles. The Morgan fingerprint density at radius 2 is 2.31 bits per heavy atom. The predicted octanol–water partition coefficient (Wildman–Crippen LogP) is 1.64. The molecular weight excluding hydrogens is 160 g/mol. The second-order valence-corrected chi connectivity index (χ2v) is 4.11. The number of nitrogens with zero attached hydrogens (tertiary/aromatic N) is 1. The molecule has 0 bridgehead atoms. The second-order valence-electron chi connectivity index (χ2n) is 4.11. The number of likely N-dealkylation sites (tertiary alicyclic amines) is 1. The van der Waals surface area contributed by atoms with Gasteiger partial charge in [-0.3, -0.25) is 0 Å². The number of hydrogen-bond acceptors (Lipinski definition) is 2. The van der Waals surface area contributed by atoms with Crippen LogP contribution in [0.1, 0.15) is 25.7 Å². The second kappa shape index (κ2) is 5.40. The number of piperidine rings is 1. The maximum absolute atomic E-state index is 4.08. The molecule has 1 atom stereocenters. The predicted molar refractivity (Wildman–Crippen MR) is 58.0 cm³/mol. The zero-order chi connectivity index (χ0) is 9.68. The summed E-state index contributed by atoms with van der Waals surface area (Å²) in [6.07, 6.45) is 5.27. The topological polar surface area (TPSA) is 15.3 Å². The molecule has 1 fully saturated rings. The average molecular weight is 182 g/mol. The Bertz CT molecular complexity index is 165. The van der Waals surface area contributed by atoms with Gasteiger partial charge in [0.25, 0.3) is 0 Å². The van der Waals surface area contributed by atoms with Crippen LogP contribution in [0.5, 0.6) is 0 Å². The minimum atomic E-state index is 0.745. The first kappa shape index (κ1) is 10.7. The van der Waals surface area contributed by atoms with E-state index >= 15 is 0 Å². The third kappa shape index (κ3) is 3.49. The Kier molecular flexibility index (Phi) is 4.46. The molecule has 1 saturated heterocycles. The lowest BCUT2D eigenvalue weighted by atomic mass is 9.97. The van der Waals surface area contributed by atoms with Crippen LogP contribution in [0.15, 0.2) is 12.2 Å². The highest BCUT2D eigenvalue weighted by Gasteiger charge is 2.18. The van der Waals surface area contributed by atoms with E-state index in [2.05, 4.69) is 23.8 Å². The Morgan fingerprint density at radius 1 is 1.54 bits per heavy atom. The van der Waals surface area contributed by atoms with Crippen molar-refractivity contribution in [2.45, 2.75) is 31.7 Å². The van der Waals surface area contributed by atoms with Crippen molar-refractivity contribution in [3.63, 3.8) is 0 Å². The Hall–Kier alpha value is -0.340. The summed E-state index contributed by atoms with van der Waals surface area (Å²) in [4.78, 5) is 2.48. The van der Waals surface area contributed by atoms with E-state index in [-0.39, 0.29) is 0 Å². The fraction of sp³-hybridized carbons (Fsp3) is 0.818. The van der Waals surface area contributed by atoms with Crippen LogP contribution in [-0.4, -0.2) is 38.1 Å². The average Bonchev–Trinajstić information content (AvgIpc) is 2.09. The molecule has 0 aromatic heterocycles. The van der Waals surface area contributed by atoms with Gasteiger partial charge >= 0.3 is 0 Å². The molecule has 1 aliphatic rings. The van der Waals surface area contributed by atoms with Crippen molar-refractivity contribution in [3.05, 3.63) is 12.2 Å². The molecule has 13 heavy (non-hydrogen) atoms. The zero-order valence-corrected chi connectivity index (χ0v) is 8.97. The first-order valence-electron chi connectivity index (χ1n) is 5.25. The molecule has 0 aromatic rings. The highest BCUT2D eigenvalue weighted by Crippen LogP contribution is 2.20. The third-order valence-corrected chi connectivity index (χ3v) is 2.87. The van der Waals surface area contributed by atoms with Crippen molar-refractivity contribution in [1.29, 1.82) is 0 Å². The molecular formula is C11H22N2. The van der Waals surface area contributed by atoms with Crippen molar-refractivity contribution in [1.82, 2.24) is 10.2 Å². The van der Waals surface area contributed by atoms with Gasteiger partial charge in [-0.15, -0.1) is 0 Å². The Labute approximate surface area is 82.0 Å². The maximum Gasteiger partial charge on any atom is 0.0159 e. The Balaban J connectivity index is 2.29. The standard InChI is InChI=1S/C11H22N2/c1-10(9-12-2)8-11-6-4-5-7-13(11)3/h11-12H,1,4-9H2,2-3H3. The molecule has 2 heteroatoms. The fourth-order valence-corrected chi connectivity index (χ4v) is 2.06. The summed E-state index contributed by atoms with van der Waals surface area (Å²) in [6.45, 7) is 6.31. The van der Waals surface area contributed by atoms with E-state index in [1.165, 1.54) is 31.4 Å². The third-order valence-electron chi connectivity index (χ3n) is 2.87. The van der Waals surface area contributed by atoms with Crippen LogP contribution in [0.25, 0.3) is 0 Å². The zero-order valence-electron chi connectivity index (χ0n) is 8.97. The van der Waals surface area contributed by atoms with Crippen molar-refractivity contribution in [2.24, 2.45) is 0 Å². The minimum absolute atomic E-state index is 0.745. The molecule has 1 rings (SSSR count). The summed E-state index contributed by atoms with van der Waals surface area (Å²) >= 11 is 0. The van der Waals surface area contributed by atoms with E-state index < -0.39 is 0 Å². The quantitative estimate of drug-likeness (QED) is 0.665. The minimum Gasteiger partial charge on any atom is -0.316 e. The van der Waals surface area contributed by atoms with Crippen LogP contribution in [0.4, 0.5) is 0 Å². The molecule has 1 aliphatic heterocycles. The number of nitrogens with one attached hydrogen (secondary N) is 1. The van der Waals surface area contributed by atoms with Gasteiger partial charge in [0.1, 0.15) is 0 Å². The van der Waals surface area contributed by atoms with Crippen molar-refractivity contribution < 1.29 is 0 Å². The molecule has 1 N–H and O–H groups in total. The summed E-state index contributed by atoms with van der Waals surface area (Å²) < 4.78 is 0. The Morgan fingerprint density at radius 3 is 2.92 bits per heavy atom. The van der Waals surface area contributed by atoms with Gasteiger partial charge in [-0.2, -0.15) is 0 Å². The fourth-order valence-electron chi connectivity index (χ4n) is 2.06. The number of rotatable bonds is 4. The van der Waals surface area contributed by atoms with E-state index in [4.69, 9.17) is 0 Å². The first-order valence-corrected chi connectivity index (χ1v) is 5.25. The van der Waals surface area contributed by atoms with Crippen LogP contribution >= 0.6 is 0 Å². The maximum atomic E-state index is 4.08. The van der Waals surface area contributed by atoms with Gasteiger partial charge in [0.2, 0.25) is 0 Å². The van der Waals surface area contributed by atoms with E-state index in [0.717, 1.165) is 19.0 Å². The largest absolute Gasteiger partial charge is 0.316 e. The summed E-state index contributed by atoms with van der Waals surface area (Å²) in [7, 11) is 4.21. The van der Waals surface area contributed by atoms with E-state index in [9.17, 15) is 0 Å². The summed E-state index contributed by atoms with van der Waals surface area (Å²) in [5, 5.41) is 3.15. The molecule has 0 aromatic carbocycles. The van der Waals surface area contributed by atoms with E-state index in [1.54, 1.807) is 0 Å². The van der Waals surface area contributed by atoms with Crippen LogP contribution in [0.2, 0.25) is 0 Å². The lowest BCUT2D eigenvalue weighted by molar-refractivity contribution is 0.184. The summed E-state index contributed by atoms with van der Waals surface area (Å²) in [5.41, 5.74) is 1.33. The van der Waals surface area contributed by atoms with Crippen LogP contribution < -0.4 is 5.32 Å². The summed E-state index contributed by atoms with van der Waals surface area (Å²) in [6, 6.07) is 0.745. The van der Waals surface area contributed by atoms with E-state index in [0.29, 0.717) is 0 Å².